The molecule has 2 aromatic heterocycles. The van der Waals surface area contributed by atoms with E-state index in [0.29, 0.717) is 36.2 Å². The molecule has 1 aliphatic rings. The van der Waals surface area contributed by atoms with Crippen LogP contribution in [0, 0.1) is 0 Å². The van der Waals surface area contributed by atoms with Gasteiger partial charge in [-0.15, -0.1) is 0 Å². The largest absolute Gasteiger partial charge is 0.374 e. The molecule has 9 nitrogen and oxygen atoms in total. The van der Waals surface area contributed by atoms with E-state index in [2.05, 4.69) is 20.3 Å². The molecule has 9 heteroatoms. The third-order valence-corrected chi connectivity index (χ3v) is 3.14. The molecule has 5 N–H and O–H groups in total. The quantitative estimate of drug-likeness (QED) is 0.390. The van der Waals surface area contributed by atoms with Gasteiger partial charge in [-0.05, 0) is 12.8 Å². The minimum atomic E-state index is -1.46. The Kier molecular flexibility index (Phi) is 3.86. The van der Waals surface area contributed by atoms with E-state index >= 15 is 0 Å². The van der Waals surface area contributed by atoms with Crippen molar-refractivity contribution < 1.29 is 14.9 Å². The molecule has 0 saturated heterocycles. The SMILES string of the molecule is Nc1nc(NC2CC2)c2ncn(CCOCC(O)O)c2n1. The second kappa shape index (κ2) is 5.80. The van der Waals surface area contributed by atoms with E-state index in [1.807, 2.05) is 0 Å². The molecule has 0 bridgehead atoms. The second-order valence-electron chi connectivity index (χ2n) is 5.01. The summed E-state index contributed by atoms with van der Waals surface area (Å²) in [5.41, 5.74) is 7.06. The Morgan fingerprint density at radius 3 is 2.95 bits per heavy atom. The van der Waals surface area contributed by atoms with Crippen LogP contribution in [0.5, 0.6) is 0 Å². The highest BCUT2D eigenvalue weighted by atomic mass is 16.5. The third kappa shape index (κ3) is 3.38. The van der Waals surface area contributed by atoms with Crippen LogP contribution in [0.2, 0.25) is 0 Å². The van der Waals surface area contributed by atoms with Crippen LogP contribution < -0.4 is 11.1 Å². The lowest BCUT2D eigenvalue weighted by Gasteiger charge is -2.08. The minimum absolute atomic E-state index is 0.127. The van der Waals surface area contributed by atoms with Crippen LogP contribution in [0.15, 0.2) is 6.33 Å². The number of hydrogen-bond donors (Lipinski definition) is 4. The number of ether oxygens (including phenoxy) is 1. The maximum absolute atomic E-state index is 8.71. The summed E-state index contributed by atoms with van der Waals surface area (Å²) in [5, 5.41) is 20.7. The van der Waals surface area contributed by atoms with E-state index in [0.717, 1.165) is 12.8 Å². The normalized spacial score (nSPS) is 15.0. The Morgan fingerprint density at radius 1 is 1.43 bits per heavy atom. The number of nitrogens with one attached hydrogen (secondary N) is 1. The van der Waals surface area contributed by atoms with Crippen molar-refractivity contribution in [3.8, 4) is 0 Å². The van der Waals surface area contributed by atoms with Gasteiger partial charge in [-0.25, -0.2) is 4.98 Å². The molecule has 3 rings (SSSR count). The van der Waals surface area contributed by atoms with Crippen LogP contribution >= 0.6 is 0 Å². The molecule has 0 unspecified atom stereocenters. The molecule has 0 spiro atoms. The van der Waals surface area contributed by atoms with Crippen LogP contribution in [-0.4, -0.2) is 55.3 Å². The number of aliphatic hydroxyl groups excluding tert-OH is 1. The van der Waals surface area contributed by atoms with Crippen molar-refractivity contribution in [3.05, 3.63) is 6.33 Å². The van der Waals surface area contributed by atoms with Crippen molar-refractivity contribution in [1.82, 2.24) is 19.5 Å². The van der Waals surface area contributed by atoms with Gasteiger partial charge in [0.1, 0.15) is 0 Å². The summed E-state index contributed by atoms with van der Waals surface area (Å²) in [7, 11) is 0. The lowest BCUT2D eigenvalue weighted by atomic mass is 10.4. The lowest BCUT2D eigenvalue weighted by Crippen LogP contribution is -2.16. The molecule has 114 valence electrons. The molecule has 0 amide bonds. The molecule has 2 heterocycles. The maximum atomic E-state index is 8.71. The molecule has 0 aromatic carbocycles. The van der Waals surface area contributed by atoms with Gasteiger partial charge in [0.05, 0.1) is 19.5 Å². The Morgan fingerprint density at radius 2 is 2.24 bits per heavy atom. The predicted octanol–water partition coefficient (Wildman–Crippen LogP) is -0.690. The summed E-state index contributed by atoms with van der Waals surface area (Å²) in [6.07, 6.45) is 2.44. The van der Waals surface area contributed by atoms with Crippen molar-refractivity contribution in [2.24, 2.45) is 0 Å². The lowest BCUT2D eigenvalue weighted by molar-refractivity contribution is -0.0953. The third-order valence-electron chi connectivity index (χ3n) is 3.14. The van der Waals surface area contributed by atoms with Gasteiger partial charge >= 0.3 is 0 Å². The Labute approximate surface area is 120 Å². The van der Waals surface area contributed by atoms with Gasteiger partial charge in [-0.2, -0.15) is 9.97 Å². The highest BCUT2D eigenvalue weighted by Crippen LogP contribution is 2.27. The first-order chi connectivity index (χ1) is 10.1. The first-order valence-electron chi connectivity index (χ1n) is 6.82. The number of nitrogens with two attached hydrogens (primary N) is 1. The van der Waals surface area contributed by atoms with Crippen LogP contribution in [0.3, 0.4) is 0 Å². The van der Waals surface area contributed by atoms with Gasteiger partial charge in [0.25, 0.3) is 0 Å². The van der Waals surface area contributed by atoms with Crippen LogP contribution in [0.25, 0.3) is 11.2 Å². The zero-order valence-electron chi connectivity index (χ0n) is 11.4. The van der Waals surface area contributed by atoms with E-state index in [1.54, 1.807) is 10.9 Å². The number of nitrogens with zero attached hydrogens (tertiary/aromatic N) is 4. The van der Waals surface area contributed by atoms with Gasteiger partial charge in [-0.3, -0.25) is 0 Å². The molecule has 1 fully saturated rings. The number of nitrogen functional groups attached to an aromatic ring is 1. The van der Waals surface area contributed by atoms with Crippen LogP contribution in [0.1, 0.15) is 12.8 Å². The number of aliphatic hydroxyl groups is 2. The molecule has 1 aliphatic carbocycles. The van der Waals surface area contributed by atoms with Gasteiger partial charge < -0.3 is 30.6 Å². The first-order valence-corrected chi connectivity index (χ1v) is 6.82. The fraction of sp³-hybridized carbons (Fsp3) is 0.583. The van der Waals surface area contributed by atoms with Crippen LogP contribution in [-0.2, 0) is 11.3 Å². The standard InChI is InChI=1S/C12H18N6O3/c13-12-16-10(15-7-1-2-7)9-11(17-12)18(6-14-9)3-4-21-5-8(19)20/h6-8,19-20H,1-5H2,(H3,13,15,16,17). The number of hydrogen-bond acceptors (Lipinski definition) is 8. The van der Waals surface area contributed by atoms with Crippen molar-refractivity contribution in [2.45, 2.75) is 31.7 Å². The molecular formula is C12H18N6O3. The number of fused-ring (bicyclic) bond motifs is 1. The van der Waals surface area contributed by atoms with Gasteiger partial charge in [0.2, 0.25) is 5.95 Å². The van der Waals surface area contributed by atoms with Gasteiger partial charge in [-0.1, -0.05) is 0 Å². The fourth-order valence-corrected chi connectivity index (χ4v) is 2.00. The Balaban J connectivity index is 1.75. The minimum Gasteiger partial charge on any atom is -0.374 e. The summed E-state index contributed by atoms with van der Waals surface area (Å²) >= 11 is 0. The highest BCUT2D eigenvalue weighted by molar-refractivity contribution is 5.84. The average Bonchev–Trinajstić information content (AvgIpc) is 3.14. The highest BCUT2D eigenvalue weighted by Gasteiger charge is 2.23. The molecule has 0 radical (unpaired) electrons. The molecule has 0 atom stereocenters. The number of rotatable bonds is 7. The smallest absolute Gasteiger partial charge is 0.224 e. The van der Waals surface area contributed by atoms with Gasteiger partial charge in [0.15, 0.2) is 23.3 Å². The second-order valence-corrected chi connectivity index (χ2v) is 5.01. The first kappa shape index (κ1) is 14.0. The Bertz CT molecular complexity index is 625. The zero-order chi connectivity index (χ0) is 14.8. The van der Waals surface area contributed by atoms with Gasteiger partial charge in [0, 0.05) is 12.6 Å². The average molecular weight is 294 g/mol. The molecule has 0 aliphatic heterocycles. The van der Waals surface area contributed by atoms with E-state index in [9.17, 15) is 0 Å². The summed E-state index contributed by atoms with van der Waals surface area (Å²) in [6, 6.07) is 0.446. The topological polar surface area (TPSA) is 131 Å². The monoisotopic (exact) mass is 294 g/mol. The summed E-state index contributed by atoms with van der Waals surface area (Å²) in [4.78, 5) is 12.7. The maximum Gasteiger partial charge on any atom is 0.224 e. The summed E-state index contributed by atoms with van der Waals surface area (Å²) in [5.74, 6) is 0.851. The Hall–Kier alpha value is -1.97. The van der Waals surface area contributed by atoms with E-state index in [4.69, 9.17) is 20.7 Å². The van der Waals surface area contributed by atoms with Crippen LogP contribution in [0.4, 0.5) is 11.8 Å². The molecule has 21 heavy (non-hydrogen) atoms. The predicted molar refractivity (Wildman–Crippen MR) is 75.4 cm³/mol. The number of aromatic nitrogens is 4. The molecule has 2 aromatic rings. The van der Waals surface area contributed by atoms with E-state index in [1.165, 1.54) is 0 Å². The van der Waals surface area contributed by atoms with Crippen molar-refractivity contribution in [1.29, 1.82) is 0 Å². The number of anilines is 2. The number of imidazole rings is 1. The summed E-state index contributed by atoms with van der Waals surface area (Å²) < 4.78 is 6.91. The van der Waals surface area contributed by atoms with E-state index in [-0.39, 0.29) is 12.6 Å². The zero-order valence-corrected chi connectivity index (χ0v) is 11.4. The van der Waals surface area contributed by atoms with E-state index < -0.39 is 6.29 Å². The van der Waals surface area contributed by atoms with Crippen molar-refractivity contribution >= 4 is 22.9 Å². The fourth-order valence-electron chi connectivity index (χ4n) is 2.00. The summed E-state index contributed by atoms with van der Waals surface area (Å²) in [6.45, 7) is 0.680. The molecular weight excluding hydrogens is 276 g/mol. The molecule has 1 saturated carbocycles. The van der Waals surface area contributed by atoms with Crippen molar-refractivity contribution in [2.75, 3.05) is 24.3 Å². The van der Waals surface area contributed by atoms with Crippen molar-refractivity contribution in [3.63, 3.8) is 0 Å².